The normalized spacial score (nSPS) is 15.5. The highest BCUT2D eigenvalue weighted by Crippen LogP contribution is 2.44. The molecule has 170 valence electrons. The number of guanidine groups is 1. The maximum Gasteiger partial charge on any atom is 0.387 e. The number of hydrogen-bond acceptors (Lipinski definition) is 7. The first-order valence-electron chi connectivity index (χ1n) is 9.39. The van der Waals surface area contributed by atoms with Crippen molar-refractivity contribution in [2.45, 2.75) is 19.1 Å². The molecule has 9 nitrogen and oxygen atoms in total. The number of benzene rings is 2. The van der Waals surface area contributed by atoms with Crippen molar-refractivity contribution in [2.24, 2.45) is 4.99 Å². The monoisotopic (exact) mass is 449 g/mol. The standard InChI is InChI=1S/C21H21F2N3O6/c1-29-15-9-8-13(17(30-2)18(15)31-3)14-10-16(27)25-21(24-14)26-19(28)11-4-6-12(7-5-11)32-20(22)23/h4-9,14,20H,10H2,1-3H3,(H2,24,25,26,27,28). The summed E-state index contributed by atoms with van der Waals surface area (Å²) >= 11 is 0. The Kier molecular flexibility index (Phi) is 7.08. The molecule has 11 heteroatoms. The summed E-state index contributed by atoms with van der Waals surface area (Å²) in [4.78, 5) is 29.2. The molecule has 0 saturated heterocycles. The zero-order valence-electron chi connectivity index (χ0n) is 17.5. The van der Waals surface area contributed by atoms with Crippen LogP contribution in [0, 0.1) is 0 Å². The molecule has 2 N–H and O–H groups in total. The highest BCUT2D eigenvalue weighted by Gasteiger charge is 2.28. The van der Waals surface area contributed by atoms with Crippen LogP contribution in [-0.2, 0) is 4.79 Å². The quantitative estimate of drug-likeness (QED) is 0.673. The third kappa shape index (κ3) is 5.05. The molecule has 1 atom stereocenters. The third-order valence-corrected chi connectivity index (χ3v) is 4.59. The Labute approximate surface area is 182 Å². The maximum absolute atomic E-state index is 12.5. The number of methoxy groups -OCH3 is 3. The van der Waals surface area contributed by atoms with Gasteiger partial charge in [-0.2, -0.15) is 8.78 Å². The van der Waals surface area contributed by atoms with E-state index >= 15 is 0 Å². The molecule has 0 spiro atoms. The second-order valence-corrected chi connectivity index (χ2v) is 6.53. The average Bonchev–Trinajstić information content (AvgIpc) is 2.77. The number of amides is 2. The Morgan fingerprint density at radius 3 is 2.34 bits per heavy atom. The number of halogens is 2. The van der Waals surface area contributed by atoms with Crippen molar-refractivity contribution in [1.29, 1.82) is 0 Å². The van der Waals surface area contributed by atoms with E-state index in [0.717, 1.165) is 0 Å². The van der Waals surface area contributed by atoms with Gasteiger partial charge in [0.2, 0.25) is 17.6 Å². The molecule has 0 bridgehead atoms. The average molecular weight is 449 g/mol. The molecule has 2 aromatic rings. The Morgan fingerprint density at radius 1 is 1.06 bits per heavy atom. The van der Waals surface area contributed by atoms with Crippen LogP contribution in [0.1, 0.15) is 28.4 Å². The van der Waals surface area contributed by atoms with Gasteiger partial charge < -0.3 is 18.9 Å². The van der Waals surface area contributed by atoms with Crippen LogP contribution in [-0.4, -0.2) is 45.7 Å². The Morgan fingerprint density at radius 2 is 1.75 bits per heavy atom. The summed E-state index contributed by atoms with van der Waals surface area (Å²) in [6.45, 7) is -2.97. The van der Waals surface area contributed by atoms with Gasteiger partial charge in [-0.1, -0.05) is 0 Å². The van der Waals surface area contributed by atoms with E-state index in [1.54, 1.807) is 12.1 Å². The fourth-order valence-corrected chi connectivity index (χ4v) is 3.19. The molecular formula is C21H21F2N3O6. The molecule has 3 rings (SSSR count). The fraction of sp³-hybridized carbons (Fsp3) is 0.286. The molecule has 1 aliphatic heterocycles. The van der Waals surface area contributed by atoms with E-state index < -0.39 is 18.6 Å². The number of hydrogen-bond donors (Lipinski definition) is 2. The Balaban J connectivity index is 1.84. The molecule has 1 aliphatic rings. The van der Waals surface area contributed by atoms with Crippen LogP contribution in [0.15, 0.2) is 41.4 Å². The SMILES string of the molecule is COc1ccc(C2CC(=O)NC(NC(=O)c3ccc(OC(F)F)cc3)=N2)c(OC)c1OC. The van der Waals surface area contributed by atoms with Crippen LogP contribution < -0.4 is 29.6 Å². The van der Waals surface area contributed by atoms with Gasteiger partial charge in [0.25, 0.3) is 5.91 Å². The third-order valence-electron chi connectivity index (χ3n) is 4.59. The zero-order chi connectivity index (χ0) is 23.3. The zero-order valence-corrected chi connectivity index (χ0v) is 17.5. The molecular weight excluding hydrogens is 428 g/mol. The van der Waals surface area contributed by atoms with Gasteiger partial charge >= 0.3 is 6.61 Å². The summed E-state index contributed by atoms with van der Waals surface area (Å²) in [7, 11) is 4.41. The number of ether oxygens (including phenoxy) is 4. The van der Waals surface area contributed by atoms with E-state index in [9.17, 15) is 18.4 Å². The minimum absolute atomic E-state index is 0.0187. The van der Waals surface area contributed by atoms with Crippen LogP contribution in [0.4, 0.5) is 8.78 Å². The van der Waals surface area contributed by atoms with Crippen molar-refractivity contribution in [3.8, 4) is 23.0 Å². The van der Waals surface area contributed by atoms with Gasteiger partial charge in [0.15, 0.2) is 11.5 Å². The highest BCUT2D eigenvalue weighted by atomic mass is 19.3. The second-order valence-electron chi connectivity index (χ2n) is 6.53. The van der Waals surface area contributed by atoms with Crippen LogP contribution >= 0.6 is 0 Å². The lowest BCUT2D eigenvalue weighted by Gasteiger charge is -2.24. The van der Waals surface area contributed by atoms with Gasteiger partial charge in [-0.15, -0.1) is 0 Å². The number of aliphatic imine (C=N–C) groups is 1. The van der Waals surface area contributed by atoms with E-state index in [0.29, 0.717) is 22.8 Å². The summed E-state index contributed by atoms with van der Waals surface area (Å²) in [5, 5.41) is 5.01. The second kappa shape index (κ2) is 9.94. The lowest BCUT2D eigenvalue weighted by molar-refractivity contribution is -0.120. The van der Waals surface area contributed by atoms with Crippen molar-refractivity contribution < 1.29 is 37.3 Å². The fourth-order valence-electron chi connectivity index (χ4n) is 3.19. The molecule has 0 fully saturated rings. The lowest BCUT2D eigenvalue weighted by atomic mass is 10.0. The van der Waals surface area contributed by atoms with Gasteiger partial charge in [-0.25, -0.2) is 4.99 Å². The minimum Gasteiger partial charge on any atom is -0.493 e. The number of alkyl halides is 2. The molecule has 1 heterocycles. The molecule has 2 aromatic carbocycles. The number of nitrogens with zero attached hydrogens (tertiary/aromatic N) is 1. The molecule has 0 radical (unpaired) electrons. The van der Waals surface area contributed by atoms with Crippen molar-refractivity contribution in [3.63, 3.8) is 0 Å². The first-order chi connectivity index (χ1) is 15.4. The van der Waals surface area contributed by atoms with Gasteiger partial charge in [0.1, 0.15) is 5.75 Å². The van der Waals surface area contributed by atoms with E-state index in [1.165, 1.54) is 45.6 Å². The molecule has 0 aromatic heterocycles. The summed E-state index contributed by atoms with van der Waals surface area (Å²) in [6, 6.07) is 7.81. The predicted octanol–water partition coefficient (Wildman–Crippen LogP) is 2.66. The summed E-state index contributed by atoms with van der Waals surface area (Å²) in [5.41, 5.74) is 0.731. The minimum atomic E-state index is -2.97. The van der Waals surface area contributed by atoms with Gasteiger partial charge in [-0.05, 0) is 36.4 Å². The Bertz CT molecular complexity index is 1030. The van der Waals surface area contributed by atoms with E-state index in [2.05, 4.69) is 20.4 Å². The summed E-state index contributed by atoms with van der Waals surface area (Å²) < 4.78 is 44.9. The smallest absolute Gasteiger partial charge is 0.387 e. The maximum atomic E-state index is 12.5. The van der Waals surface area contributed by atoms with E-state index in [4.69, 9.17) is 14.2 Å². The lowest BCUT2D eigenvalue weighted by Crippen LogP contribution is -2.47. The number of nitrogens with one attached hydrogen (secondary N) is 2. The molecule has 0 aliphatic carbocycles. The molecule has 1 unspecified atom stereocenters. The van der Waals surface area contributed by atoms with Gasteiger partial charge in [0.05, 0.1) is 33.8 Å². The summed E-state index contributed by atoms with van der Waals surface area (Å²) in [6.07, 6.45) is 0.0187. The first-order valence-corrected chi connectivity index (χ1v) is 9.39. The molecule has 2 amide bonds. The van der Waals surface area contributed by atoms with Crippen molar-refractivity contribution >= 4 is 17.8 Å². The number of carbonyl (C=O) groups is 2. The van der Waals surface area contributed by atoms with Crippen LogP contribution in [0.2, 0.25) is 0 Å². The topological polar surface area (TPSA) is 107 Å². The van der Waals surface area contributed by atoms with E-state index in [1.807, 2.05) is 0 Å². The van der Waals surface area contributed by atoms with Gasteiger partial charge in [0, 0.05) is 11.1 Å². The van der Waals surface area contributed by atoms with Gasteiger partial charge in [-0.3, -0.25) is 20.2 Å². The van der Waals surface area contributed by atoms with Crippen molar-refractivity contribution in [1.82, 2.24) is 10.6 Å². The van der Waals surface area contributed by atoms with Crippen molar-refractivity contribution in [3.05, 3.63) is 47.5 Å². The predicted molar refractivity (Wildman–Crippen MR) is 110 cm³/mol. The van der Waals surface area contributed by atoms with Crippen LogP contribution in [0.3, 0.4) is 0 Å². The Hall–Kier alpha value is -3.89. The number of carbonyl (C=O) groups excluding carboxylic acids is 2. The summed E-state index contributed by atoms with van der Waals surface area (Å²) in [5.74, 6) is 0.0676. The molecule has 32 heavy (non-hydrogen) atoms. The highest BCUT2D eigenvalue weighted by molar-refractivity contribution is 6.10. The first kappa shape index (κ1) is 22.8. The molecule has 0 saturated carbocycles. The van der Waals surface area contributed by atoms with Crippen molar-refractivity contribution in [2.75, 3.05) is 21.3 Å². The van der Waals surface area contributed by atoms with E-state index in [-0.39, 0.29) is 29.6 Å². The number of rotatable bonds is 7. The largest absolute Gasteiger partial charge is 0.493 e. The van der Waals surface area contributed by atoms with Crippen LogP contribution in [0.5, 0.6) is 23.0 Å². The van der Waals surface area contributed by atoms with Crippen LogP contribution in [0.25, 0.3) is 0 Å².